The van der Waals surface area contributed by atoms with Gasteiger partial charge in [-0.3, -0.25) is 19.3 Å². The van der Waals surface area contributed by atoms with E-state index in [1.54, 1.807) is 13.2 Å². The highest BCUT2D eigenvalue weighted by Gasteiger charge is 2.81. The molecule has 2 N–H and O–H groups in total. The van der Waals surface area contributed by atoms with Crippen molar-refractivity contribution in [3.63, 3.8) is 0 Å². The number of nitrogens with one attached hydrogen (secondary N) is 1. The smallest absolute Gasteiger partial charge is 0.344 e. The molecular formula is C46H56N4O9. The number of aromatic nitrogens is 1. The summed E-state index contributed by atoms with van der Waals surface area (Å²) in [6, 6.07) is 10.3. The molecule has 2 saturated heterocycles. The molecule has 1 spiro atoms. The number of carbonyl (C=O) groups excluding carboxylic acids is 4. The van der Waals surface area contributed by atoms with E-state index in [1.165, 1.54) is 26.0 Å². The number of aromatic amines is 1. The molecule has 9 rings (SSSR count). The summed E-state index contributed by atoms with van der Waals surface area (Å²) in [5.74, 6) is -1.12. The first-order valence-electron chi connectivity index (χ1n) is 21.2. The van der Waals surface area contributed by atoms with Crippen LogP contribution in [0.1, 0.15) is 75.3 Å². The first kappa shape index (κ1) is 39.7. The number of piperidine rings is 1. The summed E-state index contributed by atoms with van der Waals surface area (Å²) in [6.45, 7) is 9.32. The highest BCUT2D eigenvalue weighted by molar-refractivity contribution is 5.96. The Morgan fingerprint density at radius 1 is 1.00 bits per heavy atom. The zero-order chi connectivity index (χ0) is 41.6. The van der Waals surface area contributed by atoms with E-state index in [0.717, 1.165) is 54.6 Å². The molecular weight excluding hydrogens is 753 g/mol. The third kappa shape index (κ3) is 5.19. The number of anilines is 1. The van der Waals surface area contributed by atoms with Crippen LogP contribution in [0.5, 0.6) is 5.75 Å². The molecule has 6 heterocycles. The highest BCUT2D eigenvalue weighted by Crippen LogP contribution is 2.68. The summed E-state index contributed by atoms with van der Waals surface area (Å²) >= 11 is 0. The van der Waals surface area contributed by atoms with Crippen LogP contribution in [0.4, 0.5) is 5.69 Å². The second-order valence-electron chi connectivity index (χ2n) is 17.9. The van der Waals surface area contributed by atoms with E-state index in [-0.39, 0.29) is 5.92 Å². The van der Waals surface area contributed by atoms with Crippen molar-refractivity contribution in [1.29, 1.82) is 0 Å². The number of para-hydroxylation sites is 1. The molecule has 1 aromatic heterocycles. The molecule has 2 bridgehead atoms. The van der Waals surface area contributed by atoms with E-state index in [2.05, 4.69) is 27.8 Å². The number of H-pyrrole nitrogens is 1. The van der Waals surface area contributed by atoms with Crippen LogP contribution < -0.4 is 9.64 Å². The van der Waals surface area contributed by atoms with Crippen LogP contribution >= 0.6 is 0 Å². The van der Waals surface area contributed by atoms with E-state index in [4.69, 9.17) is 18.9 Å². The molecule has 5 aliphatic heterocycles. The normalized spacial score (nSPS) is 35.6. The maximum atomic E-state index is 15.3. The lowest BCUT2D eigenvalue weighted by molar-refractivity contribution is -0.228. The maximum Gasteiger partial charge on any atom is 0.344 e. The Morgan fingerprint density at radius 2 is 1.78 bits per heavy atom. The van der Waals surface area contributed by atoms with E-state index in [9.17, 15) is 19.5 Å². The van der Waals surface area contributed by atoms with E-state index in [0.29, 0.717) is 73.7 Å². The minimum absolute atomic E-state index is 0.127. The van der Waals surface area contributed by atoms with Gasteiger partial charge < -0.3 is 38.8 Å². The lowest BCUT2D eigenvalue weighted by Gasteiger charge is -2.63. The number of hydrogen-bond donors (Lipinski definition) is 2. The number of nitrogens with zero attached hydrogens (tertiary/aromatic N) is 3. The van der Waals surface area contributed by atoms with Crippen molar-refractivity contribution in [2.75, 3.05) is 59.0 Å². The molecule has 13 nitrogen and oxygen atoms in total. The average molecular weight is 809 g/mol. The topological polar surface area (TPSA) is 151 Å². The van der Waals surface area contributed by atoms with Crippen LogP contribution in [-0.4, -0.2) is 122 Å². The van der Waals surface area contributed by atoms with Gasteiger partial charge in [0.05, 0.1) is 33.1 Å². The lowest BCUT2D eigenvalue weighted by atomic mass is 9.47. The van der Waals surface area contributed by atoms with Crippen molar-refractivity contribution in [2.45, 2.75) is 93.9 Å². The molecule has 10 atom stereocenters. The number of fused-ring (bicyclic) bond motifs is 6. The van der Waals surface area contributed by atoms with Gasteiger partial charge in [-0.25, -0.2) is 4.79 Å². The fraction of sp³-hybridized carbons (Fsp3) is 0.565. The van der Waals surface area contributed by atoms with Gasteiger partial charge in [-0.05, 0) is 73.7 Å². The zero-order valence-electron chi connectivity index (χ0n) is 34.9. The van der Waals surface area contributed by atoms with Crippen molar-refractivity contribution in [3.8, 4) is 5.75 Å². The number of methoxy groups -OCH3 is 3. The van der Waals surface area contributed by atoms with Gasteiger partial charge in [0.25, 0.3) is 0 Å². The van der Waals surface area contributed by atoms with E-state index >= 15 is 4.79 Å². The van der Waals surface area contributed by atoms with Crippen molar-refractivity contribution >= 4 is 40.9 Å². The zero-order valence-corrected chi connectivity index (χ0v) is 34.9. The lowest BCUT2D eigenvalue weighted by Crippen LogP contribution is -2.81. The third-order valence-corrected chi connectivity index (χ3v) is 15.4. The molecule has 1 aliphatic carbocycles. The fourth-order valence-electron chi connectivity index (χ4n) is 13.3. The third-order valence-electron chi connectivity index (χ3n) is 15.4. The first-order chi connectivity index (χ1) is 28.4. The number of benzene rings is 2. The number of rotatable bonds is 8. The van der Waals surface area contributed by atoms with E-state index < -0.39 is 57.9 Å². The number of esters is 3. The largest absolute Gasteiger partial charge is 0.496 e. The van der Waals surface area contributed by atoms with Crippen molar-refractivity contribution in [3.05, 3.63) is 70.9 Å². The van der Waals surface area contributed by atoms with Gasteiger partial charge in [0, 0.05) is 78.2 Å². The Hall–Kier alpha value is -4.72. The van der Waals surface area contributed by atoms with Crippen LogP contribution in [0.2, 0.25) is 0 Å². The van der Waals surface area contributed by atoms with Crippen molar-refractivity contribution in [1.82, 2.24) is 14.8 Å². The summed E-state index contributed by atoms with van der Waals surface area (Å²) in [4.78, 5) is 66.5. The predicted octanol–water partition coefficient (Wildman–Crippen LogP) is 4.40. The Morgan fingerprint density at radius 3 is 2.47 bits per heavy atom. The van der Waals surface area contributed by atoms with Gasteiger partial charge in [-0.15, -0.1) is 0 Å². The van der Waals surface area contributed by atoms with Crippen LogP contribution in [0.15, 0.2) is 48.6 Å². The number of ether oxygens (including phenoxy) is 4. The molecule has 59 heavy (non-hydrogen) atoms. The molecule has 6 aliphatic rings. The van der Waals surface area contributed by atoms with Gasteiger partial charge in [0.15, 0.2) is 6.10 Å². The monoisotopic (exact) mass is 808 g/mol. The molecule has 3 fully saturated rings. The van der Waals surface area contributed by atoms with Crippen LogP contribution in [0.3, 0.4) is 0 Å². The standard InChI is InChI=1S/C46H56N4O9/c1-7-28-20-29-23-45(41(53)57-5,37-31(14-18-48(24-28)25-29)30-12-9-10-13-34(30)47-37)33-21-32-35(22-36(33)56-4)50(26-51)39-44(32)16-19-49-17-11-15-43(8-2,38(44)49)40(59-27(3)52)46(39,55)42(54)58-6/h9-13,15,21-22,26,28-29,38-40,47,55H,7-8,14,16-20,23-25H2,1-6H3/t28-,29+,38-,39+,40+,43+,44+,45-,46-/m0/s1. The molecule has 13 heteroatoms. The predicted molar refractivity (Wildman–Crippen MR) is 219 cm³/mol. The van der Waals surface area contributed by atoms with Crippen LogP contribution in [-0.2, 0) is 50.6 Å². The molecule has 2 aromatic carbocycles. The summed E-state index contributed by atoms with van der Waals surface area (Å²) in [5, 5.41) is 14.3. The van der Waals surface area contributed by atoms with Crippen LogP contribution in [0, 0.1) is 17.3 Å². The summed E-state index contributed by atoms with van der Waals surface area (Å²) in [5.41, 5.74) is -1.54. The molecule has 3 aromatic rings. The average Bonchev–Trinajstić information content (AvgIpc) is 3.92. The first-order valence-corrected chi connectivity index (χ1v) is 21.2. The number of amides is 1. The minimum Gasteiger partial charge on any atom is -0.496 e. The fourth-order valence-corrected chi connectivity index (χ4v) is 13.3. The number of hydrogen-bond acceptors (Lipinski definition) is 11. The Balaban J connectivity index is 1.38. The van der Waals surface area contributed by atoms with Crippen molar-refractivity contribution < 1.29 is 43.2 Å². The molecule has 1 saturated carbocycles. The highest BCUT2D eigenvalue weighted by atomic mass is 16.6. The van der Waals surface area contributed by atoms with Gasteiger partial charge >= 0.3 is 17.9 Å². The quantitative estimate of drug-likeness (QED) is 0.144. The number of aliphatic hydroxyl groups is 1. The van der Waals surface area contributed by atoms with Crippen molar-refractivity contribution in [2.24, 2.45) is 17.3 Å². The second-order valence-corrected chi connectivity index (χ2v) is 17.9. The number of carbonyl (C=O) groups is 4. The van der Waals surface area contributed by atoms with E-state index in [1.807, 2.05) is 43.3 Å². The Bertz CT molecular complexity index is 2260. The Labute approximate surface area is 345 Å². The summed E-state index contributed by atoms with van der Waals surface area (Å²) in [6.07, 6.45) is 7.25. The summed E-state index contributed by atoms with van der Waals surface area (Å²) < 4.78 is 23.8. The van der Waals surface area contributed by atoms with Crippen LogP contribution in [0.25, 0.3) is 10.9 Å². The SMILES string of the molecule is CC[C@H]1C[C@H]2CN(CCc3c([nH]c4ccccc34)[C@@](C(=O)OC)(c3cc4c(cc3OC)N(C=O)[C@H]3[C@@](O)(C(=O)OC)[C@H](OC(C)=O)[C@]5(CC)C=CCN6CC[C@]43[C@@H]65)C2)C1. The van der Waals surface area contributed by atoms with Gasteiger partial charge in [-0.2, -0.15) is 0 Å². The minimum atomic E-state index is -2.50. The Kier molecular flexibility index (Phi) is 9.56. The molecule has 1 unspecified atom stereocenters. The maximum absolute atomic E-state index is 15.3. The van der Waals surface area contributed by atoms with Gasteiger partial charge in [0.1, 0.15) is 11.2 Å². The molecule has 0 radical (unpaired) electrons. The van der Waals surface area contributed by atoms with Gasteiger partial charge in [0.2, 0.25) is 12.0 Å². The van der Waals surface area contributed by atoms with Gasteiger partial charge in [-0.1, -0.05) is 50.6 Å². The summed E-state index contributed by atoms with van der Waals surface area (Å²) in [7, 11) is 4.19. The molecule has 1 amide bonds. The molecule has 314 valence electrons. The second kappa shape index (κ2) is 14.2.